The fraction of sp³-hybridized carbons (Fsp3) is 0.350. The summed E-state index contributed by atoms with van der Waals surface area (Å²) in [6.45, 7) is 8.08. The molecule has 0 fully saturated rings. The third-order valence-electron chi connectivity index (χ3n) is 3.17. The van der Waals surface area contributed by atoms with Gasteiger partial charge in [-0.15, -0.1) is 0 Å². The monoisotopic (exact) mass is 342 g/mol. The van der Waals surface area contributed by atoms with E-state index in [1.54, 1.807) is 0 Å². The molecule has 5 nitrogen and oxygen atoms in total. The highest BCUT2D eigenvalue weighted by atomic mass is 16.5. The van der Waals surface area contributed by atoms with E-state index in [4.69, 9.17) is 9.47 Å². The van der Waals surface area contributed by atoms with E-state index in [0.29, 0.717) is 5.69 Å². The number of ether oxygens (including phenoxy) is 2. The zero-order chi connectivity index (χ0) is 18.2. The Morgan fingerprint density at radius 3 is 2.16 bits per heavy atom. The summed E-state index contributed by atoms with van der Waals surface area (Å²) in [7, 11) is 0. The molecule has 0 atom stereocenters. The average Bonchev–Trinajstić information content (AvgIpc) is 2.53. The molecule has 0 heterocycles. The minimum Gasteiger partial charge on any atom is -0.491 e. The average molecular weight is 342 g/mol. The minimum absolute atomic E-state index is 0.0928. The number of benzene rings is 2. The number of carbonyl (C=O) groups is 1. The molecule has 0 saturated heterocycles. The third-order valence-corrected chi connectivity index (χ3v) is 3.17. The van der Waals surface area contributed by atoms with Crippen molar-refractivity contribution in [3.05, 3.63) is 48.5 Å². The lowest BCUT2D eigenvalue weighted by atomic mass is 10.3. The second-order valence-electron chi connectivity index (χ2n) is 6.29. The van der Waals surface area contributed by atoms with Gasteiger partial charge in [0.25, 0.3) is 0 Å². The van der Waals surface area contributed by atoms with Crippen molar-refractivity contribution < 1.29 is 14.3 Å². The highest BCUT2D eigenvalue weighted by molar-refractivity contribution is 5.93. The lowest BCUT2D eigenvalue weighted by Gasteiger charge is -2.12. The van der Waals surface area contributed by atoms with Crippen LogP contribution in [0.25, 0.3) is 0 Å². The SMILES string of the molecule is CC(C)Oc1ccc(NCC(=O)Nc2cccc(OC(C)C)c2)cc1. The van der Waals surface area contributed by atoms with Gasteiger partial charge in [0.1, 0.15) is 11.5 Å². The minimum atomic E-state index is -0.121. The van der Waals surface area contributed by atoms with Gasteiger partial charge in [0.2, 0.25) is 5.91 Å². The molecule has 2 N–H and O–H groups in total. The first-order valence-electron chi connectivity index (χ1n) is 8.49. The summed E-state index contributed by atoms with van der Waals surface area (Å²) in [5.41, 5.74) is 1.58. The number of anilines is 2. The lowest BCUT2D eigenvalue weighted by Crippen LogP contribution is -2.21. The van der Waals surface area contributed by atoms with Gasteiger partial charge >= 0.3 is 0 Å². The molecule has 134 valence electrons. The van der Waals surface area contributed by atoms with E-state index in [1.807, 2.05) is 76.2 Å². The van der Waals surface area contributed by atoms with Gasteiger partial charge in [0.15, 0.2) is 0 Å². The summed E-state index contributed by atoms with van der Waals surface area (Å²) in [4.78, 5) is 12.1. The Labute approximate surface area is 149 Å². The molecule has 1 amide bonds. The van der Waals surface area contributed by atoms with Crippen LogP contribution < -0.4 is 20.1 Å². The van der Waals surface area contributed by atoms with Crippen LogP contribution in [0.2, 0.25) is 0 Å². The zero-order valence-electron chi connectivity index (χ0n) is 15.2. The fourth-order valence-corrected chi connectivity index (χ4v) is 2.23. The largest absolute Gasteiger partial charge is 0.491 e. The maximum atomic E-state index is 12.1. The molecule has 2 rings (SSSR count). The first kappa shape index (κ1) is 18.6. The standard InChI is InChI=1S/C20H26N2O3/c1-14(2)24-18-10-8-16(9-11-18)21-13-20(23)22-17-6-5-7-19(12-17)25-15(3)4/h5-12,14-15,21H,13H2,1-4H3,(H,22,23). The van der Waals surface area contributed by atoms with Crippen molar-refractivity contribution in [3.8, 4) is 11.5 Å². The third kappa shape index (κ3) is 6.75. The molecule has 0 saturated carbocycles. The number of nitrogens with one attached hydrogen (secondary N) is 2. The molecule has 0 radical (unpaired) electrons. The molecule has 25 heavy (non-hydrogen) atoms. The Kier molecular flexibility index (Phi) is 6.69. The Hall–Kier alpha value is -2.69. The van der Waals surface area contributed by atoms with E-state index in [1.165, 1.54) is 0 Å². The predicted octanol–water partition coefficient (Wildman–Crippen LogP) is 4.31. The fourth-order valence-electron chi connectivity index (χ4n) is 2.23. The molecule has 0 bridgehead atoms. The van der Waals surface area contributed by atoms with Crippen molar-refractivity contribution >= 4 is 17.3 Å². The van der Waals surface area contributed by atoms with Crippen LogP contribution >= 0.6 is 0 Å². The van der Waals surface area contributed by atoms with Crippen LogP contribution in [0.4, 0.5) is 11.4 Å². The molecule has 5 heteroatoms. The number of hydrogen-bond donors (Lipinski definition) is 2. The molecular formula is C20H26N2O3. The summed E-state index contributed by atoms with van der Waals surface area (Å²) >= 11 is 0. The van der Waals surface area contributed by atoms with E-state index < -0.39 is 0 Å². The zero-order valence-corrected chi connectivity index (χ0v) is 15.2. The molecular weight excluding hydrogens is 316 g/mol. The van der Waals surface area contributed by atoms with Crippen molar-refractivity contribution in [1.29, 1.82) is 0 Å². The summed E-state index contributed by atoms with van der Waals surface area (Å²) in [6.07, 6.45) is 0.232. The second-order valence-corrected chi connectivity index (χ2v) is 6.29. The summed E-state index contributed by atoms with van der Waals surface area (Å²) in [5, 5.41) is 5.95. The van der Waals surface area contributed by atoms with Gasteiger partial charge in [-0.1, -0.05) is 6.07 Å². The number of amides is 1. The van der Waals surface area contributed by atoms with Gasteiger partial charge in [-0.3, -0.25) is 4.79 Å². The lowest BCUT2D eigenvalue weighted by molar-refractivity contribution is -0.114. The molecule has 2 aromatic carbocycles. The van der Waals surface area contributed by atoms with Gasteiger partial charge in [0.05, 0.1) is 18.8 Å². The number of rotatable bonds is 8. The first-order chi connectivity index (χ1) is 11.9. The van der Waals surface area contributed by atoms with E-state index >= 15 is 0 Å². The van der Waals surface area contributed by atoms with Crippen LogP contribution in [0, 0.1) is 0 Å². The molecule has 0 aliphatic heterocycles. The van der Waals surface area contributed by atoms with Gasteiger partial charge in [-0.05, 0) is 64.1 Å². The Morgan fingerprint density at radius 1 is 0.880 bits per heavy atom. The van der Waals surface area contributed by atoms with Crippen LogP contribution in [0.3, 0.4) is 0 Å². The van der Waals surface area contributed by atoms with Crippen LogP contribution in [-0.2, 0) is 4.79 Å². The molecule has 2 aromatic rings. The summed E-state index contributed by atoms with van der Waals surface area (Å²) in [5.74, 6) is 1.43. The van der Waals surface area contributed by atoms with Crippen molar-refractivity contribution in [3.63, 3.8) is 0 Å². The highest BCUT2D eigenvalue weighted by Gasteiger charge is 2.05. The van der Waals surface area contributed by atoms with Gasteiger partial charge < -0.3 is 20.1 Å². The maximum absolute atomic E-state index is 12.1. The van der Waals surface area contributed by atoms with Crippen LogP contribution in [0.1, 0.15) is 27.7 Å². The van der Waals surface area contributed by atoms with Gasteiger partial charge in [-0.25, -0.2) is 0 Å². The van der Waals surface area contributed by atoms with Gasteiger partial charge in [-0.2, -0.15) is 0 Å². The maximum Gasteiger partial charge on any atom is 0.243 e. The van der Waals surface area contributed by atoms with E-state index in [0.717, 1.165) is 17.2 Å². The van der Waals surface area contributed by atoms with Gasteiger partial charge in [0, 0.05) is 17.4 Å². The predicted molar refractivity (Wildman–Crippen MR) is 102 cm³/mol. The summed E-state index contributed by atoms with van der Waals surface area (Å²) in [6, 6.07) is 14.9. The molecule has 0 aliphatic rings. The second kappa shape index (κ2) is 8.97. The van der Waals surface area contributed by atoms with Crippen LogP contribution in [0.15, 0.2) is 48.5 Å². The van der Waals surface area contributed by atoms with E-state index in [9.17, 15) is 4.79 Å². The smallest absolute Gasteiger partial charge is 0.243 e. The van der Waals surface area contributed by atoms with Crippen molar-refractivity contribution in [1.82, 2.24) is 0 Å². The topological polar surface area (TPSA) is 59.6 Å². The van der Waals surface area contributed by atoms with Crippen molar-refractivity contribution in [2.45, 2.75) is 39.9 Å². The molecule has 0 spiro atoms. The Morgan fingerprint density at radius 2 is 1.52 bits per heavy atom. The summed E-state index contributed by atoms with van der Waals surface area (Å²) < 4.78 is 11.2. The highest BCUT2D eigenvalue weighted by Crippen LogP contribution is 2.19. The normalized spacial score (nSPS) is 10.6. The molecule has 0 unspecified atom stereocenters. The van der Waals surface area contributed by atoms with Crippen LogP contribution in [-0.4, -0.2) is 24.7 Å². The quantitative estimate of drug-likeness (QED) is 0.750. The van der Waals surface area contributed by atoms with E-state index in [2.05, 4.69) is 10.6 Å². The first-order valence-corrected chi connectivity index (χ1v) is 8.49. The van der Waals surface area contributed by atoms with E-state index in [-0.39, 0.29) is 24.7 Å². The number of carbonyl (C=O) groups excluding carboxylic acids is 1. The van der Waals surface area contributed by atoms with Crippen molar-refractivity contribution in [2.75, 3.05) is 17.2 Å². The molecule has 0 aromatic heterocycles. The van der Waals surface area contributed by atoms with Crippen LogP contribution in [0.5, 0.6) is 11.5 Å². The Balaban J connectivity index is 1.84. The molecule has 0 aliphatic carbocycles. The number of hydrogen-bond acceptors (Lipinski definition) is 4. The van der Waals surface area contributed by atoms with Crippen molar-refractivity contribution in [2.24, 2.45) is 0 Å². The Bertz CT molecular complexity index is 682.